The van der Waals surface area contributed by atoms with Gasteiger partial charge in [0.25, 0.3) is 0 Å². The molecule has 0 aromatic heterocycles. The van der Waals surface area contributed by atoms with Crippen LogP contribution in [0, 0.1) is 0 Å². The second-order valence-corrected chi connectivity index (χ2v) is 8.37. The van der Waals surface area contributed by atoms with Crippen LogP contribution in [0.3, 0.4) is 0 Å². The van der Waals surface area contributed by atoms with Gasteiger partial charge >= 0.3 is 0 Å². The summed E-state index contributed by atoms with van der Waals surface area (Å²) in [5, 5.41) is 4.40. The van der Waals surface area contributed by atoms with Gasteiger partial charge < -0.3 is 0 Å². The van der Waals surface area contributed by atoms with Crippen molar-refractivity contribution in [1.82, 2.24) is 0 Å². The van der Waals surface area contributed by atoms with E-state index in [-0.39, 0.29) is 7.92 Å². The van der Waals surface area contributed by atoms with Crippen LogP contribution in [0.15, 0.2) is 48.5 Å². The van der Waals surface area contributed by atoms with E-state index in [2.05, 4.69) is 31.2 Å². The van der Waals surface area contributed by atoms with Crippen molar-refractivity contribution in [2.75, 3.05) is 6.16 Å². The van der Waals surface area contributed by atoms with Gasteiger partial charge in [-0.05, 0) is 55.4 Å². The molecule has 2 aromatic rings. The number of hydrogen-bond acceptors (Lipinski definition) is 0. The number of hydrogen-bond donors (Lipinski definition) is 0. The largest absolute Gasteiger partial charge is 0.0843 e. The molecule has 0 nitrogen and oxygen atoms in total. The minimum absolute atomic E-state index is 0.310. The van der Waals surface area contributed by atoms with E-state index in [0.29, 0.717) is 0 Å². The second kappa shape index (κ2) is 8.79. The van der Waals surface area contributed by atoms with E-state index in [1.165, 1.54) is 42.5 Å². The van der Waals surface area contributed by atoms with Crippen molar-refractivity contribution in [2.45, 2.75) is 32.6 Å². The molecular weight excluding hydrogens is 318 g/mol. The van der Waals surface area contributed by atoms with Crippen LogP contribution < -0.4 is 10.6 Å². The minimum atomic E-state index is -0.310. The van der Waals surface area contributed by atoms with Crippen molar-refractivity contribution in [3.05, 3.63) is 58.6 Å². The Labute approximate surface area is 139 Å². The van der Waals surface area contributed by atoms with E-state index >= 15 is 0 Å². The van der Waals surface area contributed by atoms with Crippen LogP contribution in [0.4, 0.5) is 0 Å². The van der Waals surface area contributed by atoms with Crippen LogP contribution in [-0.4, -0.2) is 6.16 Å². The SMILES string of the molecule is CCCCCCP(c1ccc(Cl)cc1)c1ccc(Cl)cc1. The first-order valence-electron chi connectivity index (χ1n) is 7.49. The third-order valence-corrected chi connectivity index (χ3v) is 6.62. The molecule has 2 aromatic carbocycles. The molecule has 0 aliphatic heterocycles. The molecule has 0 fully saturated rings. The third kappa shape index (κ3) is 5.29. The normalized spacial score (nSPS) is 11.0. The third-order valence-electron chi connectivity index (χ3n) is 3.51. The maximum atomic E-state index is 6.02. The van der Waals surface area contributed by atoms with Gasteiger partial charge in [-0.3, -0.25) is 0 Å². The summed E-state index contributed by atoms with van der Waals surface area (Å²) in [6.07, 6.45) is 6.43. The lowest BCUT2D eigenvalue weighted by Gasteiger charge is -2.19. The fourth-order valence-electron chi connectivity index (χ4n) is 2.35. The Bertz CT molecular complexity index is 489. The van der Waals surface area contributed by atoms with Crippen LogP contribution in [0.1, 0.15) is 32.6 Å². The molecular formula is C18H21Cl2P. The fourth-order valence-corrected chi connectivity index (χ4v) is 4.97. The molecule has 21 heavy (non-hydrogen) atoms. The van der Waals surface area contributed by atoms with Gasteiger partial charge in [-0.25, -0.2) is 0 Å². The summed E-state index contributed by atoms with van der Waals surface area (Å²) in [4.78, 5) is 0. The Morgan fingerprint density at radius 2 is 1.19 bits per heavy atom. The summed E-state index contributed by atoms with van der Waals surface area (Å²) < 4.78 is 0. The predicted molar refractivity (Wildman–Crippen MR) is 98.1 cm³/mol. The summed E-state index contributed by atoms with van der Waals surface area (Å²) in [7, 11) is -0.310. The van der Waals surface area contributed by atoms with Gasteiger partial charge in [-0.15, -0.1) is 0 Å². The van der Waals surface area contributed by atoms with Crippen LogP contribution in [-0.2, 0) is 0 Å². The van der Waals surface area contributed by atoms with Gasteiger partial charge in [0.2, 0.25) is 0 Å². The Balaban J connectivity index is 2.17. The first-order chi connectivity index (χ1) is 10.2. The summed E-state index contributed by atoms with van der Waals surface area (Å²) in [6.45, 7) is 2.25. The molecule has 0 aliphatic rings. The minimum Gasteiger partial charge on any atom is -0.0843 e. The van der Waals surface area contributed by atoms with E-state index in [4.69, 9.17) is 23.2 Å². The molecule has 0 amide bonds. The standard InChI is InChI=1S/C18H21Cl2P/c1-2-3-4-5-14-21(17-10-6-15(19)7-11-17)18-12-8-16(20)9-13-18/h6-13H,2-5,14H2,1H3. The summed E-state index contributed by atoms with van der Waals surface area (Å²) in [5.41, 5.74) is 0. The molecule has 112 valence electrons. The highest BCUT2D eigenvalue weighted by atomic mass is 35.5. The van der Waals surface area contributed by atoms with Crippen LogP contribution >= 0.6 is 31.1 Å². The molecule has 0 aliphatic carbocycles. The summed E-state index contributed by atoms with van der Waals surface area (Å²) in [5.74, 6) is 0. The lowest BCUT2D eigenvalue weighted by atomic mass is 10.2. The fraction of sp³-hybridized carbons (Fsp3) is 0.333. The molecule has 0 saturated heterocycles. The van der Waals surface area contributed by atoms with Gasteiger partial charge in [0.05, 0.1) is 0 Å². The van der Waals surface area contributed by atoms with Crippen molar-refractivity contribution in [2.24, 2.45) is 0 Å². The molecule has 0 heterocycles. The van der Waals surface area contributed by atoms with E-state index in [0.717, 1.165) is 10.0 Å². The van der Waals surface area contributed by atoms with Gasteiger partial charge in [0.15, 0.2) is 0 Å². The van der Waals surface area contributed by atoms with Crippen LogP contribution in [0.25, 0.3) is 0 Å². The van der Waals surface area contributed by atoms with Gasteiger partial charge in [0.1, 0.15) is 0 Å². The van der Waals surface area contributed by atoms with Crippen molar-refractivity contribution in [1.29, 1.82) is 0 Å². The molecule has 0 N–H and O–H groups in total. The van der Waals surface area contributed by atoms with Crippen LogP contribution in [0.5, 0.6) is 0 Å². The average Bonchev–Trinajstić information content (AvgIpc) is 2.50. The Morgan fingerprint density at radius 1 is 0.714 bits per heavy atom. The Hall–Kier alpha value is -0.550. The monoisotopic (exact) mass is 338 g/mol. The number of rotatable bonds is 7. The zero-order chi connectivity index (χ0) is 15.1. The first kappa shape index (κ1) is 16.8. The second-order valence-electron chi connectivity index (χ2n) is 5.17. The Morgan fingerprint density at radius 3 is 1.62 bits per heavy atom. The molecule has 0 atom stereocenters. The molecule has 3 heteroatoms. The van der Waals surface area contributed by atoms with Crippen molar-refractivity contribution < 1.29 is 0 Å². The molecule has 0 saturated carbocycles. The smallest absolute Gasteiger partial charge is 0.0406 e. The molecule has 2 rings (SSSR count). The highest BCUT2D eigenvalue weighted by Crippen LogP contribution is 2.35. The Kier molecular flexibility index (Phi) is 7.04. The van der Waals surface area contributed by atoms with Gasteiger partial charge in [0, 0.05) is 10.0 Å². The van der Waals surface area contributed by atoms with E-state index in [9.17, 15) is 0 Å². The maximum absolute atomic E-state index is 6.02. The number of benzene rings is 2. The molecule has 0 spiro atoms. The molecule has 0 bridgehead atoms. The number of halogens is 2. The van der Waals surface area contributed by atoms with Gasteiger partial charge in [-0.2, -0.15) is 0 Å². The van der Waals surface area contributed by atoms with Gasteiger partial charge in [-0.1, -0.05) is 73.7 Å². The average molecular weight is 339 g/mol. The molecule has 0 unspecified atom stereocenters. The summed E-state index contributed by atoms with van der Waals surface area (Å²) in [6, 6.07) is 16.7. The predicted octanol–water partition coefficient (Wildman–Crippen LogP) is 6.01. The van der Waals surface area contributed by atoms with E-state index in [1.54, 1.807) is 0 Å². The van der Waals surface area contributed by atoms with Crippen LogP contribution in [0.2, 0.25) is 10.0 Å². The van der Waals surface area contributed by atoms with E-state index < -0.39 is 0 Å². The highest BCUT2D eigenvalue weighted by Gasteiger charge is 2.13. The quantitative estimate of drug-likeness (QED) is 0.428. The van der Waals surface area contributed by atoms with Crippen molar-refractivity contribution >= 4 is 41.7 Å². The lowest BCUT2D eigenvalue weighted by molar-refractivity contribution is 0.705. The zero-order valence-electron chi connectivity index (χ0n) is 12.4. The van der Waals surface area contributed by atoms with Crippen molar-refractivity contribution in [3.8, 4) is 0 Å². The zero-order valence-corrected chi connectivity index (χ0v) is 14.8. The number of unbranched alkanes of at least 4 members (excludes halogenated alkanes) is 3. The maximum Gasteiger partial charge on any atom is 0.0406 e. The topological polar surface area (TPSA) is 0 Å². The lowest BCUT2D eigenvalue weighted by Crippen LogP contribution is -2.14. The first-order valence-corrected chi connectivity index (χ1v) is 9.77. The van der Waals surface area contributed by atoms with Crippen molar-refractivity contribution in [3.63, 3.8) is 0 Å². The molecule has 0 radical (unpaired) electrons. The van der Waals surface area contributed by atoms with E-state index in [1.807, 2.05) is 24.3 Å². The summed E-state index contributed by atoms with van der Waals surface area (Å²) >= 11 is 12.0. The highest BCUT2D eigenvalue weighted by molar-refractivity contribution is 7.73.